The minimum atomic E-state index is 0.735. The first-order valence-corrected chi connectivity index (χ1v) is 6.35. The molecule has 2 heterocycles. The van der Waals surface area contributed by atoms with Crippen molar-refractivity contribution in [2.24, 2.45) is 0 Å². The van der Waals surface area contributed by atoms with Crippen LogP contribution < -0.4 is 5.73 Å². The van der Waals surface area contributed by atoms with Gasteiger partial charge in [0, 0.05) is 29.2 Å². The summed E-state index contributed by atoms with van der Waals surface area (Å²) in [5.74, 6) is 0.741. The third-order valence-electron chi connectivity index (χ3n) is 3.12. The molecule has 0 atom stereocenters. The zero-order chi connectivity index (χ0) is 14.1. The van der Waals surface area contributed by atoms with Gasteiger partial charge in [0.25, 0.3) is 0 Å². The molecule has 0 bridgehead atoms. The molecule has 0 fully saturated rings. The van der Waals surface area contributed by atoms with E-state index in [1.54, 1.807) is 17.1 Å². The molecule has 0 radical (unpaired) electrons. The molecule has 0 unspecified atom stereocenters. The summed E-state index contributed by atoms with van der Waals surface area (Å²) in [5, 5.41) is 4.36. The fraction of sp³-hybridized carbons (Fsp3) is 0.133. The fourth-order valence-electron chi connectivity index (χ4n) is 2.08. The van der Waals surface area contributed by atoms with E-state index in [0.717, 1.165) is 34.0 Å². The van der Waals surface area contributed by atoms with Gasteiger partial charge in [0.15, 0.2) is 5.82 Å². The molecule has 0 aliphatic rings. The van der Waals surface area contributed by atoms with Crippen molar-refractivity contribution in [3.05, 3.63) is 54.2 Å². The molecule has 2 N–H and O–H groups in total. The molecule has 0 amide bonds. The number of rotatable bonds is 2. The maximum atomic E-state index is 5.99. The van der Waals surface area contributed by atoms with E-state index in [2.05, 4.69) is 15.1 Å². The summed E-state index contributed by atoms with van der Waals surface area (Å²) in [7, 11) is 0. The van der Waals surface area contributed by atoms with Crippen LogP contribution in [0.5, 0.6) is 0 Å². The van der Waals surface area contributed by atoms with Gasteiger partial charge in [-0.25, -0.2) is 9.67 Å². The van der Waals surface area contributed by atoms with Gasteiger partial charge in [0.2, 0.25) is 0 Å². The number of nitrogens with two attached hydrogens (primary N) is 1. The molecular formula is C15H15N5. The molecule has 0 saturated heterocycles. The number of anilines is 1. The standard InChI is InChI=1S/C15H15N5/c1-10-7-17-11(2)15(19-10)20-9-12(8-18-20)13-5-3-4-6-14(13)16/h3-9H,16H2,1-2H3. The summed E-state index contributed by atoms with van der Waals surface area (Å²) in [5.41, 5.74) is 10.4. The van der Waals surface area contributed by atoms with E-state index in [-0.39, 0.29) is 0 Å². The van der Waals surface area contributed by atoms with Gasteiger partial charge in [-0.15, -0.1) is 0 Å². The van der Waals surface area contributed by atoms with Crippen LogP contribution in [0.4, 0.5) is 5.69 Å². The van der Waals surface area contributed by atoms with Gasteiger partial charge >= 0.3 is 0 Å². The van der Waals surface area contributed by atoms with Gasteiger partial charge in [0.1, 0.15) is 0 Å². The van der Waals surface area contributed by atoms with E-state index in [0.29, 0.717) is 0 Å². The van der Waals surface area contributed by atoms with Crippen molar-refractivity contribution in [2.75, 3.05) is 5.73 Å². The first-order chi connectivity index (χ1) is 9.65. The van der Waals surface area contributed by atoms with Crippen LogP contribution in [0.25, 0.3) is 16.9 Å². The molecule has 0 saturated carbocycles. The monoisotopic (exact) mass is 265 g/mol. The number of para-hydroxylation sites is 1. The predicted octanol–water partition coefficient (Wildman–Crippen LogP) is 2.53. The topological polar surface area (TPSA) is 69.6 Å². The van der Waals surface area contributed by atoms with Crippen molar-refractivity contribution >= 4 is 5.69 Å². The maximum Gasteiger partial charge on any atom is 0.175 e. The average Bonchev–Trinajstić information content (AvgIpc) is 2.91. The highest BCUT2D eigenvalue weighted by Gasteiger charge is 2.09. The Labute approximate surface area is 117 Å². The molecule has 20 heavy (non-hydrogen) atoms. The highest BCUT2D eigenvalue weighted by Crippen LogP contribution is 2.25. The second kappa shape index (κ2) is 4.77. The van der Waals surface area contributed by atoms with Gasteiger partial charge in [-0.3, -0.25) is 4.98 Å². The largest absolute Gasteiger partial charge is 0.398 e. The lowest BCUT2D eigenvalue weighted by Gasteiger charge is -2.05. The molecule has 0 aliphatic carbocycles. The SMILES string of the molecule is Cc1cnc(C)c(-n2cc(-c3ccccc3N)cn2)n1. The third kappa shape index (κ3) is 2.14. The van der Waals surface area contributed by atoms with E-state index in [4.69, 9.17) is 5.73 Å². The Hall–Kier alpha value is -2.69. The number of nitrogen functional groups attached to an aromatic ring is 1. The van der Waals surface area contributed by atoms with Crippen molar-refractivity contribution in [1.82, 2.24) is 19.7 Å². The first kappa shape index (κ1) is 12.3. The van der Waals surface area contributed by atoms with Crippen LogP contribution >= 0.6 is 0 Å². The van der Waals surface area contributed by atoms with Crippen molar-refractivity contribution < 1.29 is 0 Å². The molecule has 0 spiro atoms. The van der Waals surface area contributed by atoms with Crippen LogP contribution in [0, 0.1) is 13.8 Å². The minimum Gasteiger partial charge on any atom is -0.398 e. The number of benzene rings is 1. The third-order valence-corrected chi connectivity index (χ3v) is 3.12. The van der Waals surface area contributed by atoms with Crippen molar-refractivity contribution in [3.63, 3.8) is 0 Å². The average molecular weight is 265 g/mol. The molecule has 0 aliphatic heterocycles. The molecular weight excluding hydrogens is 250 g/mol. The van der Waals surface area contributed by atoms with E-state index >= 15 is 0 Å². The predicted molar refractivity (Wildman–Crippen MR) is 78.5 cm³/mol. The van der Waals surface area contributed by atoms with E-state index in [1.165, 1.54) is 0 Å². The quantitative estimate of drug-likeness (QED) is 0.723. The highest BCUT2D eigenvalue weighted by molar-refractivity contribution is 5.75. The summed E-state index contributed by atoms with van der Waals surface area (Å²) >= 11 is 0. The van der Waals surface area contributed by atoms with Crippen molar-refractivity contribution in [2.45, 2.75) is 13.8 Å². The zero-order valence-corrected chi connectivity index (χ0v) is 11.4. The lowest BCUT2D eigenvalue weighted by molar-refractivity contribution is 0.816. The molecule has 3 aromatic rings. The van der Waals surface area contributed by atoms with E-state index < -0.39 is 0 Å². The van der Waals surface area contributed by atoms with Gasteiger partial charge < -0.3 is 5.73 Å². The fourth-order valence-corrected chi connectivity index (χ4v) is 2.08. The van der Waals surface area contributed by atoms with Crippen LogP contribution in [-0.4, -0.2) is 19.7 Å². The Kier molecular flexibility index (Phi) is 2.95. The van der Waals surface area contributed by atoms with Crippen molar-refractivity contribution in [1.29, 1.82) is 0 Å². The molecule has 2 aromatic heterocycles. The summed E-state index contributed by atoms with van der Waals surface area (Å²) in [6, 6.07) is 7.73. The number of hydrogen-bond donors (Lipinski definition) is 1. The summed E-state index contributed by atoms with van der Waals surface area (Å²) in [6.07, 6.45) is 5.45. The second-order valence-electron chi connectivity index (χ2n) is 4.68. The maximum absolute atomic E-state index is 5.99. The number of nitrogens with zero attached hydrogens (tertiary/aromatic N) is 4. The Morgan fingerprint density at radius 2 is 1.90 bits per heavy atom. The van der Waals surface area contributed by atoms with E-state index in [9.17, 15) is 0 Å². The number of aromatic nitrogens is 4. The summed E-state index contributed by atoms with van der Waals surface area (Å²) < 4.78 is 1.73. The number of hydrogen-bond acceptors (Lipinski definition) is 4. The van der Waals surface area contributed by atoms with Crippen LogP contribution in [0.1, 0.15) is 11.4 Å². The Morgan fingerprint density at radius 1 is 1.10 bits per heavy atom. The molecule has 3 rings (SSSR count). The molecule has 5 heteroatoms. The minimum absolute atomic E-state index is 0.735. The normalized spacial score (nSPS) is 10.7. The Morgan fingerprint density at radius 3 is 2.70 bits per heavy atom. The zero-order valence-electron chi connectivity index (χ0n) is 11.4. The highest BCUT2D eigenvalue weighted by atomic mass is 15.3. The van der Waals surface area contributed by atoms with Crippen LogP contribution in [0.2, 0.25) is 0 Å². The van der Waals surface area contributed by atoms with Gasteiger partial charge in [-0.2, -0.15) is 5.10 Å². The smallest absolute Gasteiger partial charge is 0.175 e. The summed E-state index contributed by atoms with van der Waals surface area (Å²) in [4.78, 5) is 8.79. The number of aryl methyl sites for hydroxylation is 2. The second-order valence-corrected chi connectivity index (χ2v) is 4.68. The molecule has 100 valence electrons. The van der Waals surface area contributed by atoms with E-state index in [1.807, 2.05) is 44.3 Å². The van der Waals surface area contributed by atoms with Crippen molar-refractivity contribution in [3.8, 4) is 16.9 Å². The molecule has 5 nitrogen and oxygen atoms in total. The van der Waals surface area contributed by atoms with Gasteiger partial charge in [-0.05, 0) is 19.9 Å². The van der Waals surface area contributed by atoms with Gasteiger partial charge in [0.05, 0.1) is 17.6 Å². The molecule has 1 aromatic carbocycles. The van der Waals surface area contributed by atoms with Crippen LogP contribution in [0.3, 0.4) is 0 Å². The van der Waals surface area contributed by atoms with Crippen LogP contribution in [0.15, 0.2) is 42.9 Å². The van der Waals surface area contributed by atoms with Gasteiger partial charge in [-0.1, -0.05) is 18.2 Å². The lowest BCUT2D eigenvalue weighted by atomic mass is 10.1. The van der Waals surface area contributed by atoms with Crippen LogP contribution in [-0.2, 0) is 0 Å². The Bertz CT molecular complexity index is 760. The Balaban J connectivity index is 2.07. The summed E-state index contributed by atoms with van der Waals surface area (Å²) in [6.45, 7) is 3.83. The lowest BCUT2D eigenvalue weighted by Crippen LogP contribution is -2.03. The first-order valence-electron chi connectivity index (χ1n) is 6.35.